The van der Waals surface area contributed by atoms with Crippen LogP contribution < -0.4 is 5.32 Å². The second-order valence-electron chi connectivity index (χ2n) is 3.37. The lowest BCUT2D eigenvalue weighted by atomic mass is 10.0. The van der Waals surface area contributed by atoms with E-state index < -0.39 is 34.5 Å². The zero-order valence-corrected chi connectivity index (χ0v) is 9.44. The third kappa shape index (κ3) is 2.15. The molecule has 1 aromatic rings. The summed E-state index contributed by atoms with van der Waals surface area (Å²) < 4.78 is 0. The molecule has 0 radical (unpaired) electrons. The number of benzene rings is 1. The fraction of sp³-hybridized carbons (Fsp3) is 0.273. The molecule has 6 nitrogen and oxygen atoms in total. The minimum Gasteiger partial charge on any atom is -0.507 e. The average Bonchev–Trinajstić information content (AvgIpc) is 2.27. The lowest BCUT2D eigenvalue weighted by Gasteiger charge is -2.11. The van der Waals surface area contributed by atoms with Crippen molar-refractivity contribution >= 4 is 11.7 Å². The minimum absolute atomic E-state index is 0.0546. The summed E-state index contributed by atoms with van der Waals surface area (Å²) in [6.45, 7) is 1.55. The first-order valence-corrected chi connectivity index (χ1v) is 4.97. The van der Waals surface area contributed by atoms with Gasteiger partial charge in [0.15, 0.2) is 5.78 Å². The molecule has 0 aromatic heterocycles. The van der Waals surface area contributed by atoms with E-state index in [9.17, 15) is 24.9 Å². The molecule has 0 saturated heterocycles. The normalized spacial score (nSPS) is 10.0. The summed E-state index contributed by atoms with van der Waals surface area (Å²) in [5, 5.41) is 30.9. The molecule has 0 bridgehead atoms. The number of nitrogens with one attached hydrogen (secondary N) is 1. The van der Waals surface area contributed by atoms with Gasteiger partial charge in [0.1, 0.15) is 28.4 Å². The number of hydrogen-bond acceptors (Lipinski definition) is 5. The second kappa shape index (κ2) is 4.73. The quantitative estimate of drug-likeness (QED) is 0.582. The third-order valence-electron chi connectivity index (χ3n) is 2.31. The number of phenols is 3. The molecule has 1 aromatic carbocycles. The Kier molecular flexibility index (Phi) is 3.57. The van der Waals surface area contributed by atoms with Gasteiger partial charge in [0.25, 0.3) is 5.91 Å². The highest BCUT2D eigenvalue weighted by Crippen LogP contribution is 2.37. The predicted octanol–water partition coefficient (Wildman–Crippen LogP) is 0.756. The van der Waals surface area contributed by atoms with Gasteiger partial charge in [0.05, 0.1) is 0 Å². The standard InChI is InChI=1S/C11H13NO5/c1-3-5(13)8-6(14)4-7(15)9(10(8)16)11(17)12-2/h4,14-16H,3H2,1-2H3,(H,12,17). The molecule has 0 fully saturated rings. The Balaban J connectivity index is 3.54. The van der Waals surface area contributed by atoms with Gasteiger partial charge >= 0.3 is 0 Å². The van der Waals surface area contributed by atoms with Gasteiger partial charge in [-0.15, -0.1) is 0 Å². The van der Waals surface area contributed by atoms with Crippen molar-refractivity contribution in [2.24, 2.45) is 0 Å². The maximum atomic E-state index is 11.5. The molecule has 4 N–H and O–H groups in total. The Hall–Kier alpha value is -2.24. The van der Waals surface area contributed by atoms with Crippen molar-refractivity contribution in [1.82, 2.24) is 5.32 Å². The van der Waals surface area contributed by atoms with Crippen LogP contribution in [-0.4, -0.2) is 34.1 Å². The van der Waals surface area contributed by atoms with Crippen LogP contribution in [0.2, 0.25) is 0 Å². The minimum atomic E-state index is -0.745. The van der Waals surface area contributed by atoms with E-state index in [1.54, 1.807) is 6.92 Å². The van der Waals surface area contributed by atoms with Crippen LogP contribution in [0.4, 0.5) is 0 Å². The molecule has 0 aliphatic rings. The first-order chi connectivity index (χ1) is 7.93. The largest absolute Gasteiger partial charge is 0.507 e. The first-order valence-electron chi connectivity index (χ1n) is 4.97. The van der Waals surface area contributed by atoms with Crippen LogP contribution in [0.5, 0.6) is 17.2 Å². The van der Waals surface area contributed by atoms with E-state index in [1.165, 1.54) is 7.05 Å². The van der Waals surface area contributed by atoms with E-state index in [2.05, 4.69) is 5.32 Å². The van der Waals surface area contributed by atoms with Gasteiger partial charge in [0.2, 0.25) is 0 Å². The Morgan fingerprint density at radius 1 is 1.18 bits per heavy atom. The zero-order chi connectivity index (χ0) is 13.2. The molecular formula is C11H13NO5. The van der Waals surface area contributed by atoms with Gasteiger partial charge in [-0.1, -0.05) is 6.92 Å². The summed E-state index contributed by atoms with van der Waals surface area (Å²) in [4.78, 5) is 22.9. The Bertz CT molecular complexity index is 441. The van der Waals surface area contributed by atoms with Crippen LogP contribution in [0, 0.1) is 0 Å². The van der Waals surface area contributed by atoms with E-state index in [1.807, 2.05) is 0 Å². The molecular weight excluding hydrogens is 226 g/mol. The van der Waals surface area contributed by atoms with E-state index in [4.69, 9.17) is 0 Å². The molecule has 0 aliphatic heterocycles. The van der Waals surface area contributed by atoms with E-state index in [0.717, 1.165) is 6.07 Å². The first kappa shape index (κ1) is 12.8. The van der Waals surface area contributed by atoms with Crippen molar-refractivity contribution in [3.63, 3.8) is 0 Å². The van der Waals surface area contributed by atoms with Crippen molar-refractivity contribution < 1.29 is 24.9 Å². The number of hydrogen-bond donors (Lipinski definition) is 4. The molecule has 0 spiro atoms. The number of Topliss-reactive ketones (excluding diaryl/α,β-unsaturated/α-hetero) is 1. The number of ketones is 1. The number of aromatic hydroxyl groups is 3. The average molecular weight is 239 g/mol. The summed E-state index contributed by atoms with van der Waals surface area (Å²) >= 11 is 0. The number of carbonyl (C=O) groups is 2. The Labute approximate surface area is 97.5 Å². The molecule has 92 valence electrons. The lowest BCUT2D eigenvalue weighted by molar-refractivity contribution is 0.0957. The highest BCUT2D eigenvalue weighted by molar-refractivity contribution is 6.07. The smallest absolute Gasteiger partial charge is 0.258 e. The van der Waals surface area contributed by atoms with Crippen molar-refractivity contribution in [2.75, 3.05) is 7.05 Å². The maximum Gasteiger partial charge on any atom is 0.258 e. The van der Waals surface area contributed by atoms with Gasteiger partial charge in [-0.2, -0.15) is 0 Å². The van der Waals surface area contributed by atoms with E-state index >= 15 is 0 Å². The van der Waals surface area contributed by atoms with Crippen molar-refractivity contribution in [3.05, 3.63) is 17.2 Å². The van der Waals surface area contributed by atoms with Gasteiger partial charge in [-0.3, -0.25) is 9.59 Å². The highest BCUT2D eigenvalue weighted by atomic mass is 16.3. The summed E-state index contributed by atoms with van der Waals surface area (Å²) in [5.74, 6) is -3.13. The second-order valence-corrected chi connectivity index (χ2v) is 3.37. The van der Waals surface area contributed by atoms with Crippen LogP contribution in [0.15, 0.2) is 6.07 Å². The van der Waals surface area contributed by atoms with E-state index in [-0.39, 0.29) is 12.0 Å². The molecule has 0 heterocycles. The Morgan fingerprint density at radius 2 is 1.71 bits per heavy atom. The summed E-state index contributed by atoms with van der Waals surface area (Å²) in [7, 11) is 1.31. The fourth-order valence-corrected chi connectivity index (χ4v) is 1.44. The molecule has 1 rings (SSSR count). The van der Waals surface area contributed by atoms with Gasteiger partial charge < -0.3 is 20.6 Å². The van der Waals surface area contributed by atoms with Crippen molar-refractivity contribution in [2.45, 2.75) is 13.3 Å². The topological polar surface area (TPSA) is 107 Å². The van der Waals surface area contributed by atoms with Gasteiger partial charge in [0, 0.05) is 19.5 Å². The van der Waals surface area contributed by atoms with Gasteiger partial charge in [-0.05, 0) is 0 Å². The van der Waals surface area contributed by atoms with E-state index in [0.29, 0.717) is 0 Å². The van der Waals surface area contributed by atoms with Crippen LogP contribution in [-0.2, 0) is 0 Å². The molecule has 6 heteroatoms. The zero-order valence-electron chi connectivity index (χ0n) is 9.44. The summed E-state index contributed by atoms with van der Waals surface area (Å²) in [5.41, 5.74) is -0.786. The maximum absolute atomic E-state index is 11.5. The molecule has 17 heavy (non-hydrogen) atoms. The Morgan fingerprint density at radius 3 is 2.18 bits per heavy atom. The molecule has 0 saturated carbocycles. The molecule has 0 aliphatic carbocycles. The van der Waals surface area contributed by atoms with Crippen LogP contribution in [0.3, 0.4) is 0 Å². The van der Waals surface area contributed by atoms with Crippen LogP contribution >= 0.6 is 0 Å². The third-order valence-corrected chi connectivity index (χ3v) is 2.31. The molecule has 0 unspecified atom stereocenters. The highest BCUT2D eigenvalue weighted by Gasteiger charge is 2.25. The predicted molar refractivity (Wildman–Crippen MR) is 59.4 cm³/mol. The van der Waals surface area contributed by atoms with Crippen LogP contribution in [0.25, 0.3) is 0 Å². The summed E-state index contributed by atoms with van der Waals surface area (Å²) in [6.07, 6.45) is 0.0546. The number of carbonyl (C=O) groups excluding carboxylic acids is 2. The number of rotatable bonds is 3. The molecule has 0 atom stereocenters. The summed E-state index contributed by atoms with van der Waals surface area (Å²) in [6, 6.07) is 0.854. The van der Waals surface area contributed by atoms with Gasteiger partial charge in [-0.25, -0.2) is 0 Å². The number of amides is 1. The lowest BCUT2D eigenvalue weighted by Crippen LogP contribution is -2.19. The SMILES string of the molecule is CCC(=O)c1c(O)cc(O)c(C(=O)NC)c1O. The number of phenolic OH excluding ortho intramolecular Hbond substituents is 3. The fourth-order valence-electron chi connectivity index (χ4n) is 1.44. The van der Waals surface area contributed by atoms with Crippen molar-refractivity contribution in [3.8, 4) is 17.2 Å². The van der Waals surface area contributed by atoms with Crippen molar-refractivity contribution in [1.29, 1.82) is 0 Å². The van der Waals surface area contributed by atoms with Crippen LogP contribution in [0.1, 0.15) is 34.1 Å². The monoisotopic (exact) mass is 239 g/mol. The molecule has 1 amide bonds.